The number of carbonyl (C=O) groups excluding carboxylic acids is 4. The van der Waals surface area contributed by atoms with Gasteiger partial charge >= 0.3 is 24.0 Å². The second-order valence-corrected chi connectivity index (χ2v) is 9.99. The highest BCUT2D eigenvalue weighted by atomic mass is 16.6. The maximum absolute atomic E-state index is 13.3. The number of amides is 1. The normalized spacial score (nSPS) is 13.9. The van der Waals surface area contributed by atoms with Gasteiger partial charge in [-0.2, -0.15) is 0 Å². The lowest BCUT2D eigenvalue weighted by atomic mass is 9.98. The largest absolute Gasteiger partial charge is 0.465 e. The predicted octanol–water partition coefficient (Wildman–Crippen LogP) is 2.35. The van der Waals surface area contributed by atoms with Crippen LogP contribution in [0.4, 0.5) is 4.79 Å². The third-order valence-corrected chi connectivity index (χ3v) is 5.93. The molecule has 1 aliphatic rings. The molecule has 0 aliphatic heterocycles. The van der Waals surface area contributed by atoms with Crippen LogP contribution in [0.5, 0.6) is 0 Å². The van der Waals surface area contributed by atoms with E-state index in [2.05, 4.69) is 5.32 Å². The summed E-state index contributed by atoms with van der Waals surface area (Å²) >= 11 is 0. The van der Waals surface area contributed by atoms with E-state index in [9.17, 15) is 19.2 Å². The van der Waals surface area contributed by atoms with Crippen molar-refractivity contribution < 1.29 is 38.1 Å². The summed E-state index contributed by atoms with van der Waals surface area (Å²) in [7, 11) is 0. The fourth-order valence-electron chi connectivity index (χ4n) is 4.30. The van der Waals surface area contributed by atoms with Crippen LogP contribution in [0.2, 0.25) is 0 Å². The van der Waals surface area contributed by atoms with Crippen molar-refractivity contribution in [2.75, 3.05) is 26.3 Å². The van der Waals surface area contributed by atoms with Crippen molar-refractivity contribution in [1.82, 2.24) is 5.32 Å². The summed E-state index contributed by atoms with van der Waals surface area (Å²) < 4.78 is 21.4. The molecule has 2 aromatic rings. The Labute approximate surface area is 227 Å². The minimum absolute atomic E-state index is 0.0203. The van der Waals surface area contributed by atoms with Crippen LogP contribution in [0, 0.1) is 0 Å². The Morgan fingerprint density at radius 1 is 0.821 bits per heavy atom. The van der Waals surface area contributed by atoms with E-state index in [-0.39, 0.29) is 38.5 Å². The first-order valence-corrected chi connectivity index (χ1v) is 12.6. The van der Waals surface area contributed by atoms with Gasteiger partial charge in [-0.25, -0.2) is 9.59 Å². The van der Waals surface area contributed by atoms with E-state index in [4.69, 9.17) is 30.4 Å². The highest BCUT2D eigenvalue weighted by Crippen LogP contribution is 2.44. The van der Waals surface area contributed by atoms with Crippen LogP contribution in [0.3, 0.4) is 0 Å². The average molecular weight is 542 g/mol. The van der Waals surface area contributed by atoms with Gasteiger partial charge in [-0.1, -0.05) is 48.5 Å². The summed E-state index contributed by atoms with van der Waals surface area (Å²) in [4.78, 5) is 50.1. The molecule has 11 heteroatoms. The van der Waals surface area contributed by atoms with Crippen LogP contribution in [0.1, 0.15) is 50.7 Å². The topological polar surface area (TPSA) is 169 Å². The van der Waals surface area contributed by atoms with Crippen LogP contribution in [0.25, 0.3) is 11.1 Å². The second-order valence-electron chi connectivity index (χ2n) is 9.99. The number of hydrogen-bond acceptors (Lipinski definition) is 10. The molecule has 5 N–H and O–H groups in total. The minimum atomic E-state index is -2.28. The first-order valence-electron chi connectivity index (χ1n) is 12.6. The van der Waals surface area contributed by atoms with Crippen molar-refractivity contribution in [2.45, 2.75) is 50.9 Å². The quantitative estimate of drug-likeness (QED) is 0.166. The number of ether oxygens (including phenoxy) is 4. The Morgan fingerprint density at radius 3 is 1.92 bits per heavy atom. The Morgan fingerprint density at radius 2 is 1.38 bits per heavy atom. The van der Waals surface area contributed by atoms with Crippen molar-refractivity contribution in [3.8, 4) is 11.1 Å². The fraction of sp³-hybridized carbons (Fsp3) is 0.429. The number of alkyl carbamates (subject to hydrolysis) is 1. The molecule has 1 atom stereocenters. The molecule has 0 spiro atoms. The number of nitrogens with two attached hydrogens (primary N) is 2. The van der Waals surface area contributed by atoms with Crippen LogP contribution < -0.4 is 16.8 Å². The van der Waals surface area contributed by atoms with Gasteiger partial charge in [0.15, 0.2) is 0 Å². The van der Waals surface area contributed by atoms with Gasteiger partial charge in [-0.3, -0.25) is 14.9 Å². The van der Waals surface area contributed by atoms with Gasteiger partial charge in [0, 0.05) is 12.3 Å². The van der Waals surface area contributed by atoms with E-state index in [1.807, 2.05) is 48.5 Å². The first kappa shape index (κ1) is 29.6. The van der Waals surface area contributed by atoms with Crippen LogP contribution in [-0.4, -0.2) is 61.6 Å². The molecule has 2 aromatic carbocycles. The number of hydrogen-bond donors (Lipinski definition) is 3. The standard InChI is InChI=1S/C28H35N3O8/c1-27(2,3)39-25(34)28(38-24(33)16-30,13-8-14-36-23(32)15-29)31-26(35)37-17-22-20-11-6-4-9-18(20)19-10-5-7-12-21(19)22/h4-7,9-12,22H,8,13-17,29-30H2,1-3H3,(H,31,35). The third-order valence-electron chi connectivity index (χ3n) is 5.93. The van der Waals surface area contributed by atoms with E-state index in [1.165, 1.54) is 0 Å². The maximum Gasteiger partial charge on any atom is 0.410 e. The predicted molar refractivity (Wildman–Crippen MR) is 141 cm³/mol. The number of rotatable bonds is 11. The maximum atomic E-state index is 13.3. The Hall–Kier alpha value is -3.96. The molecule has 0 fully saturated rings. The molecular weight excluding hydrogens is 506 g/mol. The molecule has 11 nitrogen and oxygen atoms in total. The number of fused-ring (bicyclic) bond motifs is 3. The molecule has 1 unspecified atom stereocenters. The highest BCUT2D eigenvalue weighted by Gasteiger charge is 2.47. The van der Waals surface area contributed by atoms with Crippen LogP contribution in [0.15, 0.2) is 48.5 Å². The molecular formula is C28H35N3O8. The molecule has 210 valence electrons. The summed E-state index contributed by atoms with van der Waals surface area (Å²) in [5.74, 6) is -2.88. The number of nitrogens with one attached hydrogen (secondary N) is 1. The second kappa shape index (κ2) is 12.7. The third kappa shape index (κ3) is 7.55. The molecule has 1 aliphatic carbocycles. The molecule has 0 saturated heterocycles. The van der Waals surface area contributed by atoms with Gasteiger partial charge in [0.05, 0.1) is 19.7 Å². The van der Waals surface area contributed by atoms with Gasteiger partial charge in [0.2, 0.25) is 0 Å². The summed E-state index contributed by atoms with van der Waals surface area (Å²) in [6, 6.07) is 15.7. The molecule has 1 amide bonds. The zero-order chi connectivity index (χ0) is 28.6. The molecule has 0 saturated carbocycles. The fourth-order valence-corrected chi connectivity index (χ4v) is 4.30. The lowest BCUT2D eigenvalue weighted by Crippen LogP contribution is -2.60. The van der Waals surface area contributed by atoms with Crippen molar-refractivity contribution in [1.29, 1.82) is 0 Å². The van der Waals surface area contributed by atoms with E-state index in [1.54, 1.807) is 20.8 Å². The molecule has 0 aromatic heterocycles. The van der Waals surface area contributed by atoms with Crippen molar-refractivity contribution >= 4 is 24.0 Å². The monoisotopic (exact) mass is 541 g/mol. The van der Waals surface area contributed by atoms with Gasteiger partial charge in [0.1, 0.15) is 12.2 Å². The molecule has 39 heavy (non-hydrogen) atoms. The Bertz CT molecular complexity index is 1160. The SMILES string of the molecule is CC(C)(C)OC(=O)C(CCCOC(=O)CN)(NC(=O)OCC1c2ccccc2-c2ccccc21)OC(=O)CN. The van der Waals surface area contributed by atoms with Crippen LogP contribution >= 0.6 is 0 Å². The molecule has 3 rings (SSSR count). The minimum Gasteiger partial charge on any atom is -0.465 e. The number of benzene rings is 2. The van der Waals surface area contributed by atoms with Gasteiger partial charge in [-0.05, 0) is 49.4 Å². The number of esters is 3. The smallest absolute Gasteiger partial charge is 0.410 e. The zero-order valence-electron chi connectivity index (χ0n) is 22.4. The van der Waals surface area contributed by atoms with E-state index in [0.29, 0.717) is 0 Å². The molecule has 0 radical (unpaired) electrons. The highest BCUT2D eigenvalue weighted by molar-refractivity contribution is 5.87. The molecule has 0 bridgehead atoms. The summed E-state index contributed by atoms with van der Waals surface area (Å²) in [5, 5.41) is 2.39. The summed E-state index contributed by atoms with van der Waals surface area (Å²) in [6.07, 6.45) is -1.27. The molecule has 0 heterocycles. The lowest BCUT2D eigenvalue weighted by molar-refractivity contribution is -0.195. The summed E-state index contributed by atoms with van der Waals surface area (Å²) in [6.45, 7) is 3.80. The van der Waals surface area contributed by atoms with Crippen molar-refractivity contribution in [3.05, 3.63) is 59.7 Å². The summed E-state index contributed by atoms with van der Waals surface area (Å²) in [5.41, 5.74) is 11.5. The van der Waals surface area contributed by atoms with Gasteiger partial charge in [-0.15, -0.1) is 0 Å². The van der Waals surface area contributed by atoms with Gasteiger partial charge < -0.3 is 30.4 Å². The Kier molecular flexibility index (Phi) is 9.66. The van der Waals surface area contributed by atoms with Crippen LogP contribution in [-0.2, 0) is 33.3 Å². The lowest BCUT2D eigenvalue weighted by Gasteiger charge is -2.34. The van der Waals surface area contributed by atoms with E-state index >= 15 is 0 Å². The Balaban J connectivity index is 1.81. The number of carbonyl (C=O) groups is 4. The van der Waals surface area contributed by atoms with Gasteiger partial charge in [0.25, 0.3) is 5.72 Å². The van der Waals surface area contributed by atoms with Crippen molar-refractivity contribution in [3.63, 3.8) is 0 Å². The van der Waals surface area contributed by atoms with E-state index < -0.39 is 41.9 Å². The van der Waals surface area contributed by atoms with E-state index in [0.717, 1.165) is 22.3 Å². The van der Waals surface area contributed by atoms with Crippen molar-refractivity contribution in [2.24, 2.45) is 11.5 Å². The average Bonchev–Trinajstić information content (AvgIpc) is 3.22. The zero-order valence-corrected chi connectivity index (χ0v) is 22.4. The first-order chi connectivity index (χ1) is 18.5.